The highest BCUT2D eigenvalue weighted by Gasteiger charge is 2.36. The SMILES string of the molecule is CC1(C)CNCC(CCO)N1c1cccc(C#N)c1. The lowest BCUT2D eigenvalue weighted by molar-refractivity contribution is 0.241. The molecule has 102 valence electrons. The van der Waals surface area contributed by atoms with Gasteiger partial charge in [0.1, 0.15) is 0 Å². The van der Waals surface area contributed by atoms with E-state index >= 15 is 0 Å². The van der Waals surface area contributed by atoms with Crippen LogP contribution in [-0.2, 0) is 0 Å². The van der Waals surface area contributed by atoms with Crippen LogP contribution >= 0.6 is 0 Å². The molecule has 0 spiro atoms. The zero-order chi connectivity index (χ0) is 13.9. The van der Waals surface area contributed by atoms with Crippen LogP contribution in [0.15, 0.2) is 24.3 Å². The average Bonchev–Trinajstić information content (AvgIpc) is 2.38. The fourth-order valence-electron chi connectivity index (χ4n) is 2.88. The minimum atomic E-state index is -0.0355. The maximum Gasteiger partial charge on any atom is 0.0992 e. The summed E-state index contributed by atoms with van der Waals surface area (Å²) in [6, 6.07) is 10.1. The summed E-state index contributed by atoms with van der Waals surface area (Å²) >= 11 is 0. The van der Waals surface area contributed by atoms with E-state index in [-0.39, 0.29) is 18.2 Å². The molecule has 0 saturated carbocycles. The van der Waals surface area contributed by atoms with E-state index in [0.717, 1.165) is 25.2 Å². The number of anilines is 1. The van der Waals surface area contributed by atoms with Gasteiger partial charge in [-0.25, -0.2) is 0 Å². The summed E-state index contributed by atoms with van der Waals surface area (Å²) in [5, 5.41) is 21.7. The van der Waals surface area contributed by atoms with Gasteiger partial charge in [0.15, 0.2) is 0 Å². The maximum atomic E-state index is 9.25. The van der Waals surface area contributed by atoms with Gasteiger partial charge in [-0.15, -0.1) is 0 Å². The van der Waals surface area contributed by atoms with Crippen LogP contribution in [-0.4, -0.2) is 36.4 Å². The van der Waals surface area contributed by atoms with Gasteiger partial charge in [-0.1, -0.05) is 6.07 Å². The number of hydrogen-bond acceptors (Lipinski definition) is 4. The number of piperazine rings is 1. The van der Waals surface area contributed by atoms with Crippen molar-refractivity contribution in [2.45, 2.75) is 31.8 Å². The quantitative estimate of drug-likeness (QED) is 0.863. The summed E-state index contributed by atoms with van der Waals surface area (Å²) in [5.41, 5.74) is 1.70. The highest BCUT2D eigenvalue weighted by molar-refractivity contribution is 5.55. The number of nitriles is 1. The van der Waals surface area contributed by atoms with Crippen LogP contribution in [0, 0.1) is 11.3 Å². The van der Waals surface area contributed by atoms with Crippen molar-refractivity contribution in [2.75, 3.05) is 24.6 Å². The highest BCUT2D eigenvalue weighted by Crippen LogP contribution is 2.30. The van der Waals surface area contributed by atoms with Crippen molar-refractivity contribution in [3.05, 3.63) is 29.8 Å². The second-order valence-corrected chi connectivity index (χ2v) is 5.64. The van der Waals surface area contributed by atoms with Crippen molar-refractivity contribution in [2.24, 2.45) is 0 Å². The first-order chi connectivity index (χ1) is 9.08. The van der Waals surface area contributed by atoms with Crippen LogP contribution in [0.25, 0.3) is 0 Å². The number of benzene rings is 1. The monoisotopic (exact) mass is 259 g/mol. The summed E-state index contributed by atoms with van der Waals surface area (Å²) in [6.07, 6.45) is 0.729. The summed E-state index contributed by atoms with van der Waals surface area (Å²) in [4.78, 5) is 2.33. The van der Waals surface area contributed by atoms with E-state index in [1.165, 1.54) is 0 Å². The van der Waals surface area contributed by atoms with Crippen LogP contribution in [0.1, 0.15) is 25.8 Å². The largest absolute Gasteiger partial charge is 0.396 e. The van der Waals surface area contributed by atoms with E-state index in [9.17, 15) is 5.11 Å². The molecule has 0 amide bonds. The van der Waals surface area contributed by atoms with Crippen LogP contribution < -0.4 is 10.2 Å². The molecule has 19 heavy (non-hydrogen) atoms. The third-order valence-electron chi connectivity index (χ3n) is 3.67. The third kappa shape index (κ3) is 2.89. The molecule has 4 heteroatoms. The first-order valence-corrected chi connectivity index (χ1v) is 6.69. The Morgan fingerprint density at radius 3 is 3.00 bits per heavy atom. The fraction of sp³-hybridized carbons (Fsp3) is 0.533. The Morgan fingerprint density at radius 2 is 2.32 bits per heavy atom. The molecule has 0 bridgehead atoms. The van der Waals surface area contributed by atoms with Gasteiger partial charge in [-0.3, -0.25) is 0 Å². The Balaban J connectivity index is 2.37. The first kappa shape index (κ1) is 13.9. The van der Waals surface area contributed by atoms with Crippen molar-refractivity contribution >= 4 is 5.69 Å². The Bertz CT molecular complexity index is 477. The van der Waals surface area contributed by atoms with Gasteiger partial charge in [-0.2, -0.15) is 5.26 Å². The molecule has 1 aromatic carbocycles. The summed E-state index contributed by atoms with van der Waals surface area (Å²) in [5.74, 6) is 0. The minimum Gasteiger partial charge on any atom is -0.396 e. The molecular formula is C15H21N3O. The number of aliphatic hydroxyl groups excluding tert-OH is 1. The predicted molar refractivity (Wildman–Crippen MR) is 76.1 cm³/mol. The lowest BCUT2D eigenvalue weighted by Crippen LogP contribution is -2.63. The molecule has 1 saturated heterocycles. The number of nitrogens with zero attached hydrogens (tertiary/aromatic N) is 2. The molecule has 1 unspecified atom stereocenters. The van der Waals surface area contributed by atoms with Crippen LogP contribution in [0.2, 0.25) is 0 Å². The van der Waals surface area contributed by atoms with E-state index < -0.39 is 0 Å². The van der Waals surface area contributed by atoms with Gasteiger partial charge in [0.2, 0.25) is 0 Å². The van der Waals surface area contributed by atoms with Crippen LogP contribution in [0.4, 0.5) is 5.69 Å². The molecule has 1 atom stereocenters. The number of nitrogens with one attached hydrogen (secondary N) is 1. The molecule has 1 aromatic rings. The number of rotatable bonds is 3. The van der Waals surface area contributed by atoms with Gasteiger partial charge >= 0.3 is 0 Å². The minimum absolute atomic E-state index is 0.0355. The molecule has 1 aliphatic heterocycles. The van der Waals surface area contributed by atoms with Gasteiger partial charge in [0.05, 0.1) is 11.6 Å². The molecule has 4 nitrogen and oxygen atoms in total. The summed E-state index contributed by atoms with van der Waals surface area (Å²) in [7, 11) is 0. The predicted octanol–water partition coefficient (Wildman–Crippen LogP) is 1.50. The van der Waals surface area contributed by atoms with Crippen LogP contribution in [0.5, 0.6) is 0 Å². The molecule has 1 aliphatic rings. The Kier molecular flexibility index (Phi) is 4.08. The fourth-order valence-corrected chi connectivity index (χ4v) is 2.88. The van der Waals surface area contributed by atoms with E-state index in [1.54, 1.807) is 0 Å². The standard InChI is InChI=1S/C15H21N3O/c1-15(2)11-17-10-14(6-7-19)18(15)13-5-3-4-12(8-13)9-16/h3-5,8,14,17,19H,6-7,10-11H2,1-2H3. The molecule has 1 heterocycles. The third-order valence-corrected chi connectivity index (χ3v) is 3.67. The lowest BCUT2D eigenvalue weighted by atomic mass is 9.93. The van der Waals surface area contributed by atoms with Gasteiger partial charge in [-0.05, 0) is 38.5 Å². The average molecular weight is 259 g/mol. The highest BCUT2D eigenvalue weighted by atomic mass is 16.3. The Hall–Kier alpha value is -1.57. The van der Waals surface area contributed by atoms with Gasteiger partial charge in [0, 0.05) is 37.0 Å². The molecule has 2 N–H and O–H groups in total. The van der Waals surface area contributed by atoms with E-state index in [1.807, 2.05) is 24.3 Å². The lowest BCUT2D eigenvalue weighted by Gasteiger charge is -2.50. The van der Waals surface area contributed by atoms with E-state index in [0.29, 0.717) is 5.56 Å². The molecule has 0 radical (unpaired) electrons. The van der Waals surface area contributed by atoms with Crippen molar-refractivity contribution in [1.29, 1.82) is 5.26 Å². The van der Waals surface area contributed by atoms with Crippen molar-refractivity contribution in [3.8, 4) is 6.07 Å². The Labute approximate surface area is 114 Å². The second-order valence-electron chi connectivity index (χ2n) is 5.64. The van der Waals surface area contributed by atoms with E-state index in [2.05, 4.69) is 30.1 Å². The molecule has 0 aliphatic carbocycles. The van der Waals surface area contributed by atoms with E-state index in [4.69, 9.17) is 5.26 Å². The summed E-state index contributed by atoms with van der Waals surface area (Å²) in [6.45, 7) is 6.30. The second kappa shape index (κ2) is 5.60. The van der Waals surface area contributed by atoms with Crippen LogP contribution in [0.3, 0.4) is 0 Å². The Morgan fingerprint density at radius 1 is 1.53 bits per heavy atom. The zero-order valence-corrected chi connectivity index (χ0v) is 11.6. The number of hydrogen-bond donors (Lipinski definition) is 2. The summed E-state index contributed by atoms with van der Waals surface area (Å²) < 4.78 is 0. The molecule has 1 fully saturated rings. The molecule has 0 aromatic heterocycles. The van der Waals surface area contributed by atoms with Crippen molar-refractivity contribution in [3.63, 3.8) is 0 Å². The van der Waals surface area contributed by atoms with Gasteiger partial charge < -0.3 is 15.3 Å². The topological polar surface area (TPSA) is 59.3 Å². The van der Waals surface area contributed by atoms with Crippen molar-refractivity contribution in [1.82, 2.24) is 5.32 Å². The normalized spacial score (nSPS) is 22.0. The van der Waals surface area contributed by atoms with Crippen molar-refractivity contribution < 1.29 is 5.11 Å². The number of aliphatic hydroxyl groups is 1. The zero-order valence-electron chi connectivity index (χ0n) is 11.6. The smallest absolute Gasteiger partial charge is 0.0992 e. The first-order valence-electron chi connectivity index (χ1n) is 6.69. The molecule has 2 rings (SSSR count). The van der Waals surface area contributed by atoms with Gasteiger partial charge in [0.25, 0.3) is 0 Å². The molecular weight excluding hydrogens is 238 g/mol. The maximum absolute atomic E-state index is 9.25.